The highest BCUT2D eigenvalue weighted by atomic mass is 19.1. The molecule has 2 N–H and O–H groups in total. The number of nitrogens with zero attached hydrogens (tertiary/aromatic N) is 4. The molecule has 0 aliphatic carbocycles. The van der Waals surface area contributed by atoms with Crippen LogP contribution in [0.5, 0.6) is 23.0 Å². The second-order valence-electron chi connectivity index (χ2n) is 11.0. The Morgan fingerprint density at radius 1 is 1.09 bits per heavy atom. The molecule has 1 aliphatic rings. The summed E-state index contributed by atoms with van der Waals surface area (Å²) in [6.07, 6.45) is 6.26. The van der Waals surface area contributed by atoms with Crippen molar-refractivity contribution in [3.8, 4) is 23.0 Å². The normalized spacial score (nSPS) is 13.9. The second kappa shape index (κ2) is 15.1. The number of anilines is 1. The van der Waals surface area contributed by atoms with E-state index in [0.29, 0.717) is 40.3 Å². The fourth-order valence-corrected chi connectivity index (χ4v) is 5.03. The Kier molecular flexibility index (Phi) is 10.6. The van der Waals surface area contributed by atoms with Crippen LogP contribution < -0.4 is 25.0 Å². The zero-order valence-electron chi connectivity index (χ0n) is 25.6. The molecule has 0 radical (unpaired) electrons. The number of piperidine rings is 1. The number of ether oxygens (including phenoxy) is 3. The van der Waals surface area contributed by atoms with Crippen molar-refractivity contribution in [1.82, 2.24) is 15.3 Å². The van der Waals surface area contributed by atoms with E-state index < -0.39 is 16.8 Å². The van der Waals surface area contributed by atoms with Gasteiger partial charge >= 0.3 is 6.03 Å². The molecular weight excluding hydrogens is 595 g/mol. The third kappa shape index (κ3) is 8.45. The number of carbonyl (C=O) groups is 1. The van der Waals surface area contributed by atoms with Crippen molar-refractivity contribution in [2.24, 2.45) is 11.0 Å². The lowest BCUT2D eigenvalue weighted by Gasteiger charge is -2.30. The molecule has 13 heteroatoms. The first-order chi connectivity index (χ1) is 22.3. The molecule has 5 rings (SSSR count). The van der Waals surface area contributed by atoms with Gasteiger partial charge in [0, 0.05) is 48.1 Å². The molecular formula is C33H35FN6O6. The van der Waals surface area contributed by atoms with Crippen LogP contribution in [0, 0.1) is 21.8 Å². The van der Waals surface area contributed by atoms with Crippen molar-refractivity contribution in [2.75, 3.05) is 38.7 Å². The van der Waals surface area contributed by atoms with E-state index in [2.05, 4.69) is 32.7 Å². The van der Waals surface area contributed by atoms with Crippen molar-refractivity contribution < 1.29 is 28.3 Å². The average molecular weight is 631 g/mol. The number of fused-ring (bicyclic) bond motifs is 1. The lowest BCUT2D eigenvalue weighted by Crippen LogP contribution is -2.34. The summed E-state index contributed by atoms with van der Waals surface area (Å²) in [5.41, 5.74) is 3.52. The molecule has 1 aliphatic heterocycles. The third-order valence-electron chi connectivity index (χ3n) is 7.63. The van der Waals surface area contributed by atoms with Gasteiger partial charge in [0.25, 0.3) is 5.69 Å². The van der Waals surface area contributed by atoms with E-state index in [0.717, 1.165) is 38.0 Å². The third-order valence-corrected chi connectivity index (χ3v) is 7.63. The van der Waals surface area contributed by atoms with E-state index in [1.165, 1.54) is 55.5 Å². The molecule has 2 amide bonds. The van der Waals surface area contributed by atoms with Gasteiger partial charge in [-0.15, -0.1) is 0 Å². The highest BCUT2D eigenvalue weighted by molar-refractivity contribution is 5.91. The molecule has 1 saturated heterocycles. The van der Waals surface area contributed by atoms with Gasteiger partial charge in [0.05, 0.1) is 30.4 Å². The number of carbonyl (C=O) groups excluding carboxylic acids is 1. The predicted octanol–water partition coefficient (Wildman–Crippen LogP) is 6.74. The number of nitro groups is 1. The number of nitrogens with one attached hydrogen (secondary N) is 2. The number of halogens is 1. The van der Waals surface area contributed by atoms with Gasteiger partial charge in [-0.2, -0.15) is 5.10 Å². The Morgan fingerprint density at radius 3 is 2.59 bits per heavy atom. The minimum Gasteiger partial charge on any atom is -0.493 e. The van der Waals surface area contributed by atoms with E-state index in [1.807, 2.05) is 0 Å². The Hall–Kier alpha value is -5.30. The standard InChI is InChI=1S/C33H35FN6O6/c1-22-11-15-39(16-12-22)14-3-17-45-32-20-28-26(19-31(32)44-2)29(10-13-35-28)46-30-9-6-24(18-27(30)34)37-33(41)38-36-21-23-4-7-25(8-5-23)40(42)43/h4-10,13,18-22H,3,11-12,14-17H2,1-2H3,(H2,37,38,41)/b36-21+. The quantitative estimate of drug-likeness (QED) is 0.0759. The summed E-state index contributed by atoms with van der Waals surface area (Å²) in [4.78, 5) is 29.4. The van der Waals surface area contributed by atoms with Crippen LogP contribution >= 0.6 is 0 Å². The van der Waals surface area contributed by atoms with E-state index in [-0.39, 0.29) is 17.1 Å². The fraction of sp³-hybridized carbons (Fsp3) is 0.303. The summed E-state index contributed by atoms with van der Waals surface area (Å²) < 4.78 is 32.6. The monoisotopic (exact) mass is 630 g/mol. The van der Waals surface area contributed by atoms with Gasteiger partial charge in [-0.1, -0.05) is 6.92 Å². The Morgan fingerprint density at radius 2 is 1.87 bits per heavy atom. The number of benzene rings is 3. The molecule has 12 nitrogen and oxygen atoms in total. The number of hydrogen-bond acceptors (Lipinski definition) is 9. The smallest absolute Gasteiger partial charge is 0.339 e. The lowest BCUT2D eigenvalue weighted by molar-refractivity contribution is -0.384. The number of amides is 2. The summed E-state index contributed by atoms with van der Waals surface area (Å²) in [7, 11) is 1.56. The van der Waals surface area contributed by atoms with Crippen molar-refractivity contribution in [3.63, 3.8) is 0 Å². The molecule has 0 bridgehead atoms. The van der Waals surface area contributed by atoms with Crippen LogP contribution in [0.25, 0.3) is 10.9 Å². The maximum absolute atomic E-state index is 15.0. The van der Waals surface area contributed by atoms with Crippen molar-refractivity contribution in [3.05, 3.63) is 88.4 Å². The number of hydrogen-bond donors (Lipinski definition) is 2. The summed E-state index contributed by atoms with van der Waals surface area (Å²) in [5, 5.41) is 17.6. The van der Waals surface area contributed by atoms with Crippen LogP contribution in [-0.4, -0.2) is 60.4 Å². The molecule has 0 saturated carbocycles. The Bertz CT molecular complexity index is 1710. The van der Waals surface area contributed by atoms with Gasteiger partial charge in [-0.05, 0) is 80.2 Å². The summed E-state index contributed by atoms with van der Waals surface area (Å²) in [5.74, 6) is 1.50. The zero-order chi connectivity index (χ0) is 32.5. The first-order valence-electron chi connectivity index (χ1n) is 14.9. The Labute approximate surface area is 265 Å². The largest absolute Gasteiger partial charge is 0.493 e. The number of aromatic nitrogens is 1. The number of urea groups is 1. The number of methoxy groups -OCH3 is 1. The highest BCUT2D eigenvalue weighted by Gasteiger charge is 2.17. The summed E-state index contributed by atoms with van der Waals surface area (Å²) in [6.45, 7) is 6.09. The van der Waals surface area contributed by atoms with Gasteiger partial charge < -0.3 is 24.4 Å². The summed E-state index contributed by atoms with van der Waals surface area (Å²) >= 11 is 0. The van der Waals surface area contributed by atoms with E-state index in [4.69, 9.17) is 14.2 Å². The fourth-order valence-electron chi connectivity index (χ4n) is 5.03. The van der Waals surface area contributed by atoms with Crippen LogP contribution in [0.1, 0.15) is 31.7 Å². The van der Waals surface area contributed by atoms with Gasteiger partial charge in [-0.3, -0.25) is 15.1 Å². The van der Waals surface area contributed by atoms with Crippen LogP contribution in [-0.2, 0) is 0 Å². The highest BCUT2D eigenvalue weighted by Crippen LogP contribution is 2.38. The van der Waals surface area contributed by atoms with Crippen LogP contribution in [0.3, 0.4) is 0 Å². The van der Waals surface area contributed by atoms with Crippen LogP contribution in [0.2, 0.25) is 0 Å². The molecule has 4 aromatic rings. The number of nitro benzene ring substituents is 1. The molecule has 0 atom stereocenters. The number of non-ortho nitro benzene ring substituents is 1. The van der Waals surface area contributed by atoms with E-state index >= 15 is 4.39 Å². The second-order valence-corrected chi connectivity index (χ2v) is 11.0. The molecule has 0 spiro atoms. The summed E-state index contributed by atoms with van der Waals surface area (Å²) in [6, 6.07) is 14.1. The topological polar surface area (TPSA) is 140 Å². The molecule has 0 unspecified atom stereocenters. The van der Waals surface area contributed by atoms with Crippen molar-refractivity contribution in [2.45, 2.75) is 26.2 Å². The van der Waals surface area contributed by atoms with Crippen LogP contribution in [0.4, 0.5) is 20.6 Å². The van der Waals surface area contributed by atoms with Gasteiger partial charge in [-0.25, -0.2) is 14.6 Å². The SMILES string of the molecule is COc1cc2c(Oc3ccc(NC(=O)N/N=C/c4ccc([N+](=O)[O-])cc4)cc3F)ccnc2cc1OCCCN1CCC(C)CC1. The van der Waals surface area contributed by atoms with Crippen molar-refractivity contribution in [1.29, 1.82) is 0 Å². The molecule has 3 aromatic carbocycles. The first kappa shape index (κ1) is 32.1. The Balaban J connectivity index is 1.18. The molecule has 240 valence electrons. The van der Waals surface area contributed by atoms with Gasteiger partial charge in [0.2, 0.25) is 0 Å². The predicted molar refractivity (Wildman–Crippen MR) is 173 cm³/mol. The van der Waals surface area contributed by atoms with E-state index in [9.17, 15) is 14.9 Å². The number of pyridine rings is 1. The van der Waals surface area contributed by atoms with Gasteiger partial charge in [0.1, 0.15) is 5.75 Å². The number of likely N-dealkylation sites (tertiary alicyclic amines) is 1. The molecule has 1 aromatic heterocycles. The number of hydrazone groups is 1. The maximum Gasteiger partial charge on any atom is 0.339 e. The molecule has 1 fully saturated rings. The van der Waals surface area contributed by atoms with Crippen molar-refractivity contribution >= 4 is 34.5 Å². The molecule has 46 heavy (non-hydrogen) atoms. The maximum atomic E-state index is 15.0. The first-order valence-corrected chi connectivity index (χ1v) is 14.9. The lowest BCUT2D eigenvalue weighted by atomic mass is 9.99. The van der Waals surface area contributed by atoms with Gasteiger partial charge in [0.15, 0.2) is 23.1 Å². The molecule has 2 heterocycles. The minimum atomic E-state index is -0.711. The number of rotatable bonds is 12. The average Bonchev–Trinajstić information content (AvgIpc) is 3.05. The van der Waals surface area contributed by atoms with E-state index in [1.54, 1.807) is 31.5 Å². The zero-order valence-corrected chi connectivity index (χ0v) is 25.6. The van der Waals surface area contributed by atoms with Crippen LogP contribution in [0.15, 0.2) is 72.0 Å². The minimum absolute atomic E-state index is 0.0546.